The molecule has 0 saturated carbocycles. The summed E-state index contributed by atoms with van der Waals surface area (Å²) < 4.78 is 26.4. The van der Waals surface area contributed by atoms with E-state index in [0.29, 0.717) is 22.3 Å². The molecular formula is C15H14F2O. The first-order valence-electron chi connectivity index (χ1n) is 5.69. The van der Waals surface area contributed by atoms with Crippen molar-refractivity contribution in [3.05, 3.63) is 70.3 Å². The lowest BCUT2D eigenvalue weighted by molar-refractivity contribution is 0.219. The van der Waals surface area contributed by atoms with E-state index in [1.165, 1.54) is 24.3 Å². The highest BCUT2D eigenvalue weighted by atomic mass is 19.1. The van der Waals surface area contributed by atoms with E-state index < -0.39 is 6.10 Å². The Labute approximate surface area is 105 Å². The maximum atomic E-state index is 13.4. The Morgan fingerprint density at radius 2 is 1.67 bits per heavy atom. The molecule has 18 heavy (non-hydrogen) atoms. The molecule has 0 saturated heterocycles. The molecule has 0 amide bonds. The minimum absolute atomic E-state index is 0.349. The average Bonchev–Trinajstić information content (AvgIpc) is 2.32. The first kappa shape index (κ1) is 12.7. The van der Waals surface area contributed by atoms with Crippen LogP contribution in [0.2, 0.25) is 0 Å². The summed E-state index contributed by atoms with van der Waals surface area (Å²) in [6.45, 7) is 3.38. The quantitative estimate of drug-likeness (QED) is 0.859. The fourth-order valence-corrected chi connectivity index (χ4v) is 1.90. The van der Waals surface area contributed by atoms with Crippen LogP contribution in [0.25, 0.3) is 0 Å². The first-order valence-corrected chi connectivity index (χ1v) is 5.69. The highest BCUT2D eigenvalue weighted by molar-refractivity contribution is 5.36. The highest BCUT2D eigenvalue weighted by Gasteiger charge is 2.14. The van der Waals surface area contributed by atoms with Crippen LogP contribution in [0.15, 0.2) is 36.4 Å². The fourth-order valence-electron chi connectivity index (χ4n) is 1.90. The van der Waals surface area contributed by atoms with Gasteiger partial charge in [-0.2, -0.15) is 0 Å². The lowest BCUT2D eigenvalue weighted by Crippen LogP contribution is -2.03. The molecule has 2 aromatic carbocycles. The lowest BCUT2D eigenvalue weighted by atomic mass is 9.96. The van der Waals surface area contributed by atoms with Crippen LogP contribution in [-0.2, 0) is 0 Å². The van der Waals surface area contributed by atoms with E-state index in [9.17, 15) is 13.9 Å². The second kappa shape index (κ2) is 4.86. The molecule has 0 spiro atoms. The topological polar surface area (TPSA) is 20.2 Å². The summed E-state index contributed by atoms with van der Waals surface area (Å²) in [6.07, 6.45) is -0.944. The molecule has 3 heteroatoms. The molecule has 0 aliphatic rings. The first-order chi connectivity index (χ1) is 8.49. The Bertz CT molecular complexity index is 579. The molecule has 0 heterocycles. The van der Waals surface area contributed by atoms with Crippen LogP contribution in [0.1, 0.15) is 28.4 Å². The number of halogens is 2. The van der Waals surface area contributed by atoms with Gasteiger partial charge in [-0.15, -0.1) is 0 Å². The number of hydrogen-bond acceptors (Lipinski definition) is 1. The van der Waals surface area contributed by atoms with Crippen molar-refractivity contribution >= 4 is 0 Å². The summed E-state index contributed by atoms with van der Waals surface area (Å²) in [5, 5.41) is 10.2. The van der Waals surface area contributed by atoms with E-state index >= 15 is 0 Å². The molecule has 1 nitrogen and oxygen atoms in total. The van der Waals surface area contributed by atoms with Crippen LogP contribution < -0.4 is 0 Å². The second-order valence-corrected chi connectivity index (χ2v) is 4.41. The number of aliphatic hydroxyl groups is 1. The van der Waals surface area contributed by atoms with Gasteiger partial charge in [-0.1, -0.05) is 18.2 Å². The minimum Gasteiger partial charge on any atom is -0.384 e. The van der Waals surface area contributed by atoms with E-state index in [1.54, 1.807) is 26.0 Å². The Hall–Kier alpha value is -1.74. The summed E-state index contributed by atoms with van der Waals surface area (Å²) in [6, 6.07) is 8.76. The van der Waals surface area contributed by atoms with Crippen molar-refractivity contribution in [2.45, 2.75) is 20.0 Å². The predicted molar refractivity (Wildman–Crippen MR) is 66.3 cm³/mol. The van der Waals surface area contributed by atoms with Gasteiger partial charge >= 0.3 is 0 Å². The third kappa shape index (κ3) is 2.41. The molecule has 0 fully saturated rings. The van der Waals surface area contributed by atoms with Gasteiger partial charge in [-0.3, -0.25) is 0 Å². The fraction of sp³-hybridized carbons (Fsp3) is 0.200. The average molecular weight is 248 g/mol. The van der Waals surface area contributed by atoms with Crippen molar-refractivity contribution in [1.82, 2.24) is 0 Å². The molecule has 1 N–H and O–H groups in total. The molecule has 0 aliphatic heterocycles. The van der Waals surface area contributed by atoms with E-state index in [4.69, 9.17) is 0 Å². The Kier molecular flexibility index (Phi) is 3.43. The van der Waals surface area contributed by atoms with Crippen LogP contribution >= 0.6 is 0 Å². The van der Waals surface area contributed by atoms with Crippen LogP contribution in [-0.4, -0.2) is 5.11 Å². The maximum absolute atomic E-state index is 13.4. The molecule has 2 rings (SSSR count). The minimum atomic E-state index is -0.944. The lowest BCUT2D eigenvalue weighted by Gasteiger charge is -2.14. The molecule has 2 aromatic rings. The zero-order valence-electron chi connectivity index (χ0n) is 10.2. The monoisotopic (exact) mass is 248 g/mol. The molecule has 1 unspecified atom stereocenters. The van der Waals surface area contributed by atoms with E-state index in [2.05, 4.69) is 0 Å². The zero-order valence-corrected chi connectivity index (χ0v) is 10.2. The number of benzene rings is 2. The Morgan fingerprint density at radius 1 is 0.944 bits per heavy atom. The molecule has 1 atom stereocenters. The molecule has 0 aromatic heterocycles. The zero-order chi connectivity index (χ0) is 13.3. The number of hydrogen-bond donors (Lipinski definition) is 1. The van der Waals surface area contributed by atoms with Crippen molar-refractivity contribution in [2.24, 2.45) is 0 Å². The largest absolute Gasteiger partial charge is 0.384 e. The summed E-state index contributed by atoms with van der Waals surface area (Å²) in [4.78, 5) is 0. The smallest absolute Gasteiger partial charge is 0.126 e. The number of aliphatic hydroxyl groups excluding tert-OH is 1. The van der Waals surface area contributed by atoms with Crippen LogP contribution in [0.3, 0.4) is 0 Å². The van der Waals surface area contributed by atoms with E-state index in [1.807, 2.05) is 0 Å². The summed E-state index contributed by atoms with van der Waals surface area (Å²) >= 11 is 0. The van der Waals surface area contributed by atoms with E-state index in [-0.39, 0.29) is 11.6 Å². The molecular weight excluding hydrogens is 234 g/mol. The highest BCUT2D eigenvalue weighted by Crippen LogP contribution is 2.26. The molecule has 94 valence electrons. The second-order valence-electron chi connectivity index (χ2n) is 4.41. The van der Waals surface area contributed by atoms with Crippen LogP contribution in [0.5, 0.6) is 0 Å². The van der Waals surface area contributed by atoms with Crippen molar-refractivity contribution in [3.8, 4) is 0 Å². The number of rotatable bonds is 2. The van der Waals surface area contributed by atoms with Gasteiger partial charge < -0.3 is 5.11 Å². The van der Waals surface area contributed by atoms with Gasteiger partial charge in [0.05, 0.1) is 0 Å². The van der Waals surface area contributed by atoms with Gasteiger partial charge in [0, 0.05) is 0 Å². The summed E-state index contributed by atoms with van der Waals surface area (Å²) in [7, 11) is 0. The standard InChI is InChI=1S/C15H14F2O/c1-9-3-4-11(8-14(9)17)15(18)13-6-5-12(16)7-10(13)2/h3-8,15,18H,1-2H3. The van der Waals surface area contributed by atoms with Gasteiger partial charge in [0.2, 0.25) is 0 Å². The van der Waals surface area contributed by atoms with Gasteiger partial charge in [-0.25, -0.2) is 8.78 Å². The van der Waals surface area contributed by atoms with Crippen molar-refractivity contribution < 1.29 is 13.9 Å². The Morgan fingerprint density at radius 3 is 2.28 bits per heavy atom. The van der Waals surface area contributed by atoms with Gasteiger partial charge in [-0.05, 0) is 54.3 Å². The van der Waals surface area contributed by atoms with Crippen molar-refractivity contribution in [2.75, 3.05) is 0 Å². The maximum Gasteiger partial charge on any atom is 0.126 e. The summed E-state index contributed by atoms with van der Waals surface area (Å²) in [5.41, 5.74) is 2.22. The van der Waals surface area contributed by atoms with Crippen molar-refractivity contribution in [3.63, 3.8) is 0 Å². The molecule has 0 bridgehead atoms. The Balaban J connectivity index is 2.41. The van der Waals surface area contributed by atoms with Crippen LogP contribution in [0.4, 0.5) is 8.78 Å². The van der Waals surface area contributed by atoms with Crippen LogP contribution in [0, 0.1) is 25.5 Å². The van der Waals surface area contributed by atoms with Crippen molar-refractivity contribution in [1.29, 1.82) is 0 Å². The van der Waals surface area contributed by atoms with E-state index in [0.717, 1.165) is 0 Å². The van der Waals surface area contributed by atoms with Gasteiger partial charge in [0.25, 0.3) is 0 Å². The molecule has 0 radical (unpaired) electrons. The molecule has 0 aliphatic carbocycles. The normalized spacial score (nSPS) is 12.5. The number of aryl methyl sites for hydroxylation is 2. The van der Waals surface area contributed by atoms with Gasteiger partial charge in [0.15, 0.2) is 0 Å². The third-order valence-corrected chi connectivity index (χ3v) is 3.04. The van der Waals surface area contributed by atoms with Gasteiger partial charge in [0.1, 0.15) is 17.7 Å². The third-order valence-electron chi connectivity index (χ3n) is 3.04. The SMILES string of the molecule is Cc1ccc(C(O)c2ccc(F)cc2C)cc1F. The summed E-state index contributed by atoms with van der Waals surface area (Å²) in [5.74, 6) is -0.704. The predicted octanol–water partition coefficient (Wildman–Crippen LogP) is 3.66.